The predicted octanol–water partition coefficient (Wildman–Crippen LogP) is 2.16. The lowest BCUT2D eigenvalue weighted by Crippen LogP contribution is -2.28. The quantitative estimate of drug-likeness (QED) is 0.798. The zero-order valence-corrected chi connectivity index (χ0v) is 11.2. The van der Waals surface area contributed by atoms with Crippen molar-refractivity contribution in [3.05, 3.63) is 65.2 Å². The van der Waals surface area contributed by atoms with Crippen LogP contribution in [0.1, 0.15) is 27.6 Å². The van der Waals surface area contributed by atoms with Crippen LogP contribution >= 0.6 is 0 Å². The van der Waals surface area contributed by atoms with Gasteiger partial charge in [0.15, 0.2) is 0 Å². The lowest BCUT2D eigenvalue weighted by atomic mass is 10.1. The molecule has 1 amide bonds. The van der Waals surface area contributed by atoms with Crippen LogP contribution in [0, 0.1) is 6.92 Å². The molecule has 0 saturated carbocycles. The molecule has 104 valence electrons. The Bertz CT molecular complexity index is 596. The molecule has 0 fully saturated rings. The van der Waals surface area contributed by atoms with Gasteiger partial charge in [-0.2, -0.15) is 0 Å². The molecule has 0 radical (unpaired) electrons. The number of carbonyl (C=O) groups excluding carboxylic acids is 1. The third-order valence-electron chi connectivity index (χ3n) is 3.12. The summed E-state index contributed by atoms with van der Waals surface area (Å²) in [6, 6.07) is 14.1. The first-order valence-electron chi connectivity index (χ1n) is 6.39. The van der Waals surface area contributed by atoms with E-state index in [1.54, 1.807) is 37.3 Å². The van der Waals surface area contributed by atoms with Crippen molar-refractivity contribution in [3.63, 3.8) is 0 Å². The third kappa shape index (κ3) is 3.16. The second kappa shape index (κ2) is 6.21. The number of hydrogen-bond acceptors (Lipinski definition) is 3. The van der Waals surface area contributed by atoms with E-state index in [0.717, 1.165) is 5.56 Å². The minimum absolute atomic E-state index is 0.0285. The van der Waals surface area contributed by atoms with Crippen LogP contribution in [0.4, 0.5) is 0 Å². The molecule has 4 heteroatoms. The molecule has 0 bridgehead atoms. The van der Waals surface area contributed by atoms with Crippen LogP contribution in [0.5, 0.6) is 5.75 Å². The number of aliphatic hydroxyl groups excluding tert-OH is 1. The van der Waals surface area contributed by atoms with E-state index in [2.05, 4.69) is 5.32 Å². The standard InChI is InChI=1S/C16H17NO3/c1-11-6-5-9-13(15(11)19)16(20)17-10-14(18)12-7-3-2-4-8-12/h2-9,14,18-19H,10H2,1H3,(H,17,20). The number of carbonyl (C=O) groups is 1. The highest BCUT2D eigenvalue weighted by Gasteiger charge is 2.14. The Morgan fingerprint density at radius 2 is 1.85 bits per heavy atom. The summed E-state index contributed by atoms with van der Waals surface area (Å²) in [6.07, 6.45) is -0.771. The summed E-state index contributed by atoms with van der Waals surface area (Å²) < 4.78 is 0. The molecule has 3 N–H and O–H groups in total. The number of nitrogens with one attached hydrogen (secondary N) is 1. The molecule has 1 atom stereocenters. The van der Waals surface area contributed by atoms with Crippen LogP contribution in [0.2, 0.25) is 0 Å². The van der Waals surface area contributed by atoms with Gasteiger partial charge in [-0.15, -0.1) is 0 Å². The highest BCUT2D eigenvalue weighted by atomic mass is 16.3. The molecule has 20 heavy (non-hydrogen) atoms. The normalized spacial score (nSPS) is 11.9. The SMILES string of the molecule is Cc1cccc(C(=O)NCC(O)c2ccccc2)c1O. The fourth-order valence-corrected chi connectivity index (χ4v) is 1.92. The van der Waals surface area contributed by atoms with Crippen molar-refractivity contribution in [3.8, 4) is 5.75 Å². The Labute approximate surface area is 117 Å². The van der Waals surface area contributed by atoms with Crippen LogP contribution in [-0.4, -0.2) is 22.7 Å². The summed E-state index contributed by atoms with van der Waals surface area (Å²) in [5.74, 6) is -0.430. The van der Waals surface area contributed by atoms with Gasteiger partial charge in [0.2, 0.25) is 0 Å². The van der Waals surface area contributed by atoms with Crippen LogP contribution < -0.4 is 5.32 Å². The summed E-state index contributed by atoms with van der Waals surface area (Å²) in [5.41, 5.74) is 1.59. The Balaban J connectivity index is 2.01. The maximum absolute atomic E-state index is 12.0. The van der Waals surface area contributed by atoms with Gasteiger partial charge in [0.05, 0.1) is 11.7 Å². The molecule has 4 nitrogen and oxygen atoms in total. The number of aromatic hydroxyl groups is 1. The molecule has 1 unspecified atom stereocenters. The molecule has 0 spiro atoms. The molecule has 0 aliphatic heterocycles. The van der Waals surface area contributed by atoms with Gasteiger partial charge in [-0.25, -0.2) is 0 Å². The average molecular weight is 271 g/mol. The van der Waals surface area contributed by atoms with Gasteiger partial charge in [0.1, 0.15) is 5.75 Å². The van der Waals surface area contributed by atoms with E-state index in [-0.39, 0.29) is 17.9 Å². The van der Waals surface area contributed by atoms with Gasteiger partial charge in [-0.05, 0) is 24.1 Å². The lowest BCUT2D eigenvalue weighted by Gasteiger charge is -2.13. The fraction of sp³-hybridized carbons (Fsp3) is 0.188. The van der Waals surface area contributed by atoms with Crippen LogP contribution in [0.15, 0.2) is 48.5 Å². The van der Waals surface area contributed by atoms with Crippen molar-refractivity contribution in [2.75, 3.05) is 6.54 Å². The van der Waals surface area contributed by atoms with Crippen molar-refractivity contribution in [1.29, 1.82) is 0 Å². The van der Waals surface area contributed by atoms with E-state index in [4.69, 9.17) is 0 Å². The van der Waals surface area contributed by atoms with E-state index >= 15 is 0 Å². The van der Waals surface area contributed by atoms with Gasteiger partial charge < -0.3 is 15.5 Å². The maximum atomic E-state index is 12.0. The molecule has 2 aromatic carbocycles. The minimum atomic E-state index is -0.771. The summed E-state index contributed by atoms with van der Waals surface area (Å²) in [7, 11) is 0. The van der Waals surface area contributed by atoms with Crippen molar-refractivity contribution < 1.29 is 15.0 Å². The van der Waals surface area contributed by atoms with Crippen molar-refractivity contribution >= 4 is 5.91 Å². The smallest absolute Gasteiger partial charge is 0.255 e. The summed E-state index contributed by atoms with van der Waals surface area (Å²) >= 11 is 0. The molecule has 0 aliphatic rings. The highest BCUT2D eigenvalue weighted by Crippen LogP contribution is 2.21. The van der Waals surface area contributed by atoms with Crippen LogP contribution in [0.25, 0.3) is 0 Å². The number of para-hydroxylation sites is 1. The van der Waals surface area contributed by atoms with E-state index < -0.39 is 12.0 Å². The molecule has 2 rings (SSSR count). The van der Waals surface area contributed by atoms with E-state index in [1.807, 2.05) is 18.2 Å². The van der Waals surface area contributed by atoms with Crippen LogP contribution in [0.3, 0.4) is 0 Å². The van der Waals surface area contributed by atoms with Gasteiger partial charge in [0, 0.05) is 6.54 Å². The van der Waals surface area contributed by atoms with Crippen molar-refractivity contribution in [1.82, 2.24) is 5.32 Å². The maximum Gasteiger partial charge on any atom is 0.255 e. The molecule has 0 saturated heterocycles. The zero-order valence-electron chi connectivity index (χ0n) is 11.2. The minimum Gasteiger partial charge on any atom is -0.507 e. The average Bonchev–Trinajstić information content (AvgIpc) is 2.48. The Hall–Kier alpha value is -2.33. The summed E-state index contributed by atoms with van der Waals surface area (Å²) in [6.45, 7) is 1.82. The number of benzene rings is 2. The van der Waals surface area contributed by atoms with E-state index in [9.17, 15) is 15.0 Å². The molecule has 0 aromatic heterocycles. The predicted molar refractivity (Wildman–Crippen MR) is 76.6 cm³/mol. The first kappa shape index (κ1) is 14.1. The van der Waals surface area contributed by atoms with Crippen molar-refractivity contribution in [2.45, 2.75) is 13.0 Å². The topological polar surface area (TPSA) is 69.6 Å². The fourth-order valence-electron chi connectivity index (χ4n) is 1.92. The van der Waals surface area contributed by atoms with E-state index in [0.29, 0.717) is 5.56 Å². The molecule has 2 aromatic rings. The van der Waals surface area contributed by atoms with Crippen molar-refractivity contribution in [2.24, 2.45) is 0 Å². The summed E-state index contributed by atoms with van der Waals surface area (Å²) in [5, 5.41) is 22.4. The third-order valence-corrected chi connectivity index (χ3v) is 3.12. The van der Waals surface area contributed by atoms with E-state index in [1.165, 1.54) is 0 Å². The largest absolute Gasteiger partial charge is 0.507 e. The number of amides is 1. The second-order valence-corrected chi connectivity index (χ2v) is 4.61. The Kier molecular flexibility index (Phi) is 4.38. The second-order valence-electron chi connectivity index (χ2n) is 4.61. The number of aliphatic hydroxyl groups is 1. The zero-order chi connectivity index (χ0) is 14.5. The number of aryl methyl sites for hydroxylation is 1. The van der Waals surface area contributed by atoms with Gasteiger partial charge in [-0.1, -0.05) is 42.5 Å². The van der Waals surface area contributed by atoms with Gasteiger partial charge in [-0.3, -0.25) is 4.79 Å². The number of hydrogen-bond donors (Lipinski definition) is 3. The molecule has 0 heterocycles. The van der Waals surface area contributed by atoms with Gasteiger partial charge in [0.25, 0.3) is 5.91 Å². The molecular weight excluding hydrogens is 254 g/mol. The first-order chi connectivity index (χ1) is 9.59. The number of rotatable bonds is 4. The first-order valence-corrected chi connectivity index (χ1v) is 6.39. The molecule has 0 aliphatic carbocycles. The summed E-state index contributed by atoms with van der Waals surface area (Å²) in [4.78, 5) is 12.0. The van der Waals surface area contributed by atoms with Gasteiger partial charge >= 0.3 is 0 Å². The van der Waals surface area contributed by atoms with Crippen LogP contribution in [-0.2, 0) is 0 Å². The Morgan fingerprint density at radius 3 is 2.55 bits per heavy atom. The highest BCUT2D eigenvalue weighted by molar-refractivity contribution is 5.97. The Morgan fingerprint density at radius 1 is 1.15 bits per heavy atom. The number of phenols is 1. The number of phenolic OH excluding ortho intramolecular Hbond substituents is 1. The lowest BCUT2D eigenvalue weighted by molar-refractivity contribution is 0.0913. The monoisotopic (exact) mass is 271 g/mol. The molecular formula is C16H17NO3.